The molecule has 0 aliphatic carbocycles. The van der Waals surface area contributed by atoms with Crippen LogP contribution in [0, 0.1) is 0 Å². The summed E-state index contributed by atoms with van der Waals surface area (Å²) < 4.78 is 0. The average molecular weight is 282 g/mol. The van der Waals surface area contributed by atoms with Gasteiger partial charge < -0.3 is 20.0 Å². The Morgan fingerprint density at radius 3 is 1.45 bits per heavy atom. The number of carboxylic acids is 2. The SMILES string of the molecule is O=C(O)[C@H]1CC[C@@H]2C(=O)N3[C@H](CC[C@H]3C(=O)O)C(=O)N12. The number of aliphatic carboxylic acids is 2. The van der Waals surface area contributed by atoms with Gasteiger partial charge in [-0.1, -0.05) is 0 Å². The fraction of sp³-hybridized carbons (Fsp3) is 0.667. The molecule has 20 heavy (non-hydrogen) atoms. The second-order valence-electron chi connectivity index (χ2n) is 5.39. The predicted molar refractivity (Wildman–Crippen MR) is 62.6 cm³/mol. The zero-order valence-corrected chi connectivity index (χ0v) is 10.6. The molecule has 3 aliphatic heterocycles. The van der Waals surface area contributed by atoms with E-state index >= 15 is 0 Å². The molecule has 4 atom stereocenters. The fourth-order valence-corrected chi connectivity index (χ4v) is 3.55. The summed E-state index contributed by atoms with van der Waals surface area (Å²) in [5.41, 5.74) is 0. The molecule has 3 saturated heterocycles. The first kappa shape index (κ1) is 12.9. The van der Waals surface area contributed by atoms with Gasteiger partial charge in [0.1, 0.15) is 24.2 Å². The molecular weight excluding hydrogens is 268 g/mol. The zero-order valence-electron chi connectivity index (χ0n) is 10.6. The quantitative estimate of drug-likeness (QED) is 0.663. The summed E-state index contributed by atoms with van der Waals surface area (Å²) in [6.07, 6.45) is 1.01. The van der Waals surface area contributed by atoms with E-state index in [0.717, 1.165) is 9.80 Å². The molecule has 8 nitrogen and oxygen atoms in total. The van der Waals surface area contributed by atoms with Gasteiger partial charge in [-0.25, -0.2) is 9.59 Å². The van der Waals surface area contributed by atoms with Crippen molar-refractivity contribution in [2.75, 3.05) is 0 Å². The van der Waals surface area contributed by atoms with Crippen molar-refractivity contribution in [2.24, 2.45) is 0 Å². The van der Waals surface area contributed by atoms with Gasteiger partial charge in [-0.05, 0) is 25.7 Å². The highest BCUT2D eigenvalue weighted by molar-refractivity contribution is 6.02. The summed E-state index contributed by atoms with van der Waals surface area (Å²) in [6.45, 7) is 0. The Balaban J connectivity index is 1.95. The van der Waals surface area contributed by atoms with E-state index in [0.29, 0.717) is 0 Å². The van der Waals surface area contributed by atoms with E-state index in [4.69, 9.17) is 10.2 Å². The zero-order chi connectivity index (χ0) is 14.6. The third-order valence-corrected chi connectivity index (χ3v) is 4.42. The van der Waals surface area contributed by atoms with Crippen molar-refractivity contribution in [3.63, 3.8) is 0 Å². The van der Waals surface area contributed by atoms with Crippen LogP contribution in [0.4, 0.5) is 0 Å². The van der Waals surface area contributed by atoms with Crippen molar-refractivity contribution < 1.29 is 29.4 Å². The van der Waals surface area contributed by atoms with Crippen LogP contribution in [-0.4, -0.2) is 67.9 Å². The molecule has 0 aromatic heterocycles. The number of carbonyl (C=O) groups excluding carboxylic acids is 2. The Morgan fingerprint density at radius 1 is 0.800 bits per heavy atom. The van der Waals surface area contributed by atoms with Crippen molar-refractivity contribution >= 4 is 23.8 Å². The molecule has 0 bridgehead atoms. The Hall–Kier alpha value is -2.12. The second-order valence-corrected chi connectivity index (χ2v) is 5.39. The number of nitrogens with zero attached hydrogens (tertiary/aromatic N) is 2. The number of hydrogen-bond acceptors (Lipinski definition) is 4. The minimum Gasteiger partial charge on any atom is -0.480 e. The molecule has 0 saturated carbocycles. The lowest BCUT2D eigenvalue weighted by Gasteiger charge is -2.41. The number of amides is 2. The number of hydrogen-bond donors (Lipinski definition) is 2. The van der Waals surface area contributed by atoms with Crippen LogP contribution in [0.25, 0.3) is 0 Å². The highest BCUT2D eigenvalue weighted by Gasteiger charge is 2.57. The van der Waals surface area contributed by atoms with Crippen molar-refractivity contribution in [2.45, 2.75) is 49.9 Å². The smallest absolute Gasteiger partial charge is 0.326 e. The Labute approximate surface area is 113 Å². The van der Waals surface area contributed by atoms with Crippen molar-refractivity contribution in [3.05, 3.63) is 0 Å². The van der Waals surface area contributed by atoms with E-state index in [1.54, 1.807) is 0 Å². The van der Waals surface area contributed by atoms with Gasteiger partial charge in [-0.15, -0.1) is 0 Å². The van der Waals surface area contributed by atoms with Gasteiger partial charge in [-0.3, -0.25) is 9.59 Å². The number of fused-ring (bicyclic) bond motifs is 2. The van der Waals surface area contributed by atoms with Gasteiger partial charge in [0.05, 0.1) is 0 Å². The first-order valence-electron chi connectivity index (χ1n) is 6.53. The van der Waals surface area contributed by atoms with Crippen LogP contribution in [0.5, 0.6) is 0 Å². The first-order chi connectivity index (χ1) is 9.43. The van der Waals surface area contributed by atoms with Crippen LogP contribution in [0.2, 0.25) is 0 Å². The summed E-state index contributed by atoms with van der Waals surface area (Å²) in [5.74, 6) is -3.09. The van der Waals surface area contributed by atoms with Gasteiger partial charge in [0, 0.05) is 0 Å². The highest BCUT2D eigenvalue weighted by Crippen LogP contribution is 2.37. The van der Waals surface area contributed by atoms with Gasteiger partial charge in [0.25, 0.3) is 0 Å². The van der Waals surface area contributed by atoms with Gasteiger partial charge >= 0.3 is 11.9 Å². The molecule has 2 amide bonds. The second kappa shape index (κ2) is 4.19. The summed E-state index contributed by atoms with van der Waals surface area (Å²) in [4.78, 5) is 49.4. The molecule has 0 unspecified atom stereocenters. The van der Waals surface area contributed by atoms with E-state index in [1.165, 1.54) is 0 Å². The normalized spacial score (nSPS) is 36.0. The molecule has 0 aromatic carbocycles. The molecule has 108 valence electrons. The van der Waals surface area contributed by atoms with E-state index in [9.17, 15) is 19.2 Å². The van der Waals surface area contributed by atoms with Crippen LogP contribution in [0.15, 0.2) is 0 Å². The molecule has 0 radical (unpaired) electrons. The maximum Gasteiger partial charge on any atom is 0.326 e. The van der Waals surface area contributed by atoms with Crippen LogP contribution in [0.1, 0.15) is 25.7 Å². The molecular formula is C12H14N2O6. The average Bonchev–Trinajstić information content (AvgIpc) is 3.00. The molecule has 3 aliphatic rings. The minimum atomic E-state index is -1.12. The van der Waals surface area contributed by atoms with Crippen LogP contribution in [0.3, 0.4) is 0 Å². The molecule has 3 heterocycles. The first-order valence-corrected chi connectivity index (χ1v) is 6.53. The van der Waals surface area contributed by atoms with E-state index in [1.807, 2.05) is 0 Å². The molecule has 2 N–H and O–H groups in total. The Morgan fingerprint density at radius 2 is 1.15 bits per heavy atom. The van der Waals surface area contributed by atoms with Crippen molar-refractivity contribution in [1.82, 2.24) is 9.80 Å². The summed E-state index contributed by atoms with van der Waals surface area (Å²) in [7, 11) is 0. The maximum absolute atomic E-state index is 12.4. The fourth-order valence-electron chi connectivity index (χ4n) is 3.55. The third kappa shape index (κ3) is 1.53. The van der Waals surface area contributed by atoms with E-state index in [2.05, 4.69) is 0 Å². The number of carbonyl (C=O) groups is 4. The summed E-state index contributed by atoms with van der Waals surface area (Å²) in [6, 6.07) is -3.58. The molecule has 3 fully saturated rings. The lowest BCUT2D eigenvalue weighted by molar-refractivity contribution is -0.167. The van der Waals surface area contributed by atoms with Gasteiger partial charge in [0.2, 0.25) is 11.8 Å². The standard InChI is InChI=1S/C12H14N2O6/c15-9-5-1-3-7(11(17)18)13(5)10(16)6-2-4-8(12(19)20)14(6)9/h5-8H,1-4H2,(H,17,18)(H,19,20)/t5-,6-,7-,8+/m1/s1. The van der Waals surface area contributed by atoms with Crippen LogP contribution in [-0.2, 0) is 19.2 Å². The van der Waals surface area contributed by atoms with Crippen molar-refractivity contribution in [3.8, 4) is 0 Å². The monoisotopic (exact) mass is 282 g/mol. The Kier molecular flexibility index (Phi) is 2.70. The predicted octanol–water partition coefficient (Wildman–Crippen LogP) is -1.11. The minimum absolute atomic E-state index is 0.232. The highest BCUT2D eigenvalue weighted by atomic mass is 16.4. The lowest BCUT2D eigenvalue weighted by Crippen LogP contribution is -2.65. The molecule has 3 rings (SSSR count). The van der Waals surface area contributed by atoms with Gasteiger partial charge in [0.15, 0.2) is 0 Å². The maximum atomic E-state index is 12.4. The van der Waals surface area contributed by atoms with Gasteiger partial charge in [-0.2, -0.15) is 0 Å². The molecule has 0 spiro atoms. The molecule has 8 heteroatoms. The summed E-state index contributed by atoms with van der Waals surface area (Å²) in [5, 5.41) is 18.2. The lowest BCUT2D eigenvalue weighted by atomic mass is 10.1. The topological polar surface area (TPSA) is 115 Å². The third-order valence-electron chi connectivity index (χ3n) is 4.42. The number of carboxylic acid groups (broad SMARTS) is 2. The summed E-state index contributed by atoms with van der Waals surface area (Å²) >= 11 is 0. The number of piperazine rings is 1. The van der Waals surface area contributed by atoms with E-state index < -0.39 is 47.9 Å². The van der Waals surface area contributed by atoms with Crippen LogP contribution >= 0.6 is 0 Å². The Bertz CT molecular complexity index is 472. The molecule has 0 aromatic rings. The largest absolute Gasteiger partial charge is 0.480 e. The number of rotatable bonds is 2. The van der Waals surface area contributed by atoms with E-state index in [-0.39, 0.29) is 25.7 Å². The van der Waals surface area contributed by atoms with Crippen LogP contribution < -0.4 is 0 Å². The van der Waals surface area contributed by atoms with Crippen molar-refractivity contribution in [1.29, 1.82) is 0 Å².